The summed E-state index contributed by atoms with van der Waals surface area (Å²) in [4.78, 5) is 22.2. The van der Waals surface area contributed by atoms with E-state index >= 15 is 0 Å². The van der Waals surface area contributed by atoms with Crippen molar-refractivity contribution >= 4 is 28.8 Å². The number of para-hydroxylation sites is 2. The van der Waals surface area contributed by atoms with Gasteiger partial charge in [0.15, 0.2) is 5.58 Å². The van der Waals surface area contributed by atoms with E-state index in [1.54, 1.807) is 22.4 Å². The summed E-state index contributed by atoms with van der Waals surface area (Å²) < 4.78 is 6.71. The lowest BCUT2D eigenvalue weighted by Crippen LogP contribution is -2.30. The first kappa shape index (κ1) is 14.7. The molecule has 2 rings (SSSR count). The minimum atomic E-state index is -0.984. The molecule has 0 bridgehead atoms. The molecule has 0 aliphatic heterocycles. The molecule has 0 aliphatic rings. The van der Waals surface area contributed by atoms with Crippen molar-refractivity contribution in [2.45, 2.75) is 19.0 Å². The summed E-state index contributed by atoms with van der Waals surface area (Å²) in [5.41, 5.74) is 6.77. The average Bonchev–Trinajstić information content (AvgIpc) is 2.74. The Balaban J connectivity index is 1.86. The van der Waals surface area contributed by atoms with Crippen molar-refractivity contribution in [3.8, 4) is 0 Å². The monoisotopic (exact) mass is 296 g/mol. The van der Waals surface area contributed by atoms with E-state index in [1.165, 1.54) is 0 Å². The molecule has 0 amide bonds. The number of aryl methyl sites for hydroxylation is 1. The Hall–Kier alpha value is -1.73. The molecular formula is C13H16N2O4S. The van der Waals surface area contributed by atoms with E-state index in [2.05, 4.69) is 0 Å². The van der Waals surface area contributed by atoms with Gasteiger partial charge in [-0.1, -0.05) is 12.1 Å². The molecule has 1 aromatic carbocycles. The second-order valence-corrected chi connectivity index (χ2v) is 5.56. The van der Waals surface area contributed by atoms with E-state index in [1.807, 2.05) is 18.2 Å². The molecule has 0 spiro atoms. The summed E-state index contributed by atoms with van der Waals surface area (Å²) in [7, 11) is 0. The zero-order chi connectivity index (χ0) is 14.5. The van der Waals surface area contributed by atoms with Crippen LogP contribution >= 0.6 is 11.8 Å². The zero-order valence-electron chi connectivity index (χ0n) is 10.8. The minimum absolute atomic E-state index is 0.367. The van der Waals surface area contributed by atoms with Crippen molar-refractivity contribution in [2.75, 3.05) is 11.5 Å². The molecular weight excluding hydrogens is 280 g/mol. The van der Waals surface area contributed by atoms with E-state index < -0.39 is 12.0 Å². The van der Waals surface area contributed by atoms with Crippen molar-refractivity contribution in [3.05, 3.63) is 34.8 Å². The van der Waals surface area contributed by atoms with Crippen LogP contribution in [0.25, 0.3) is 11.1 Å². The maximum Gasteiger partial charge on any atom is 0.419 e. The van der Waals surface area contributed by atoms with Gasteiger partial charge in [-0.15, -0.1) is 0 Å². The van der Waals surface area contributed by atoms with Crippen LogP contribution in [0.4, 0.5) is 0 Å². The SMILES string of the molecule is NC(CCSCCn1c(=O)oc2ccccc21)C(=O)O. The summed E-state index contributed by atoms with van der Waals surface area (Å²) in [6.07, 6.45) is 0.418. The first-order chi connectivity index (χ1) is 9.59. The highest BCUT2D eigenvalue weighted by Gasteiger charge is 2.11. The van der Waals surface area contributed by atoms with Crippen LogP contribution in [-0.2, 0) is 11.3 Å². The fraction of sp³-hybridized carbons (Fsp3) is 0.385. The number of nitrogens with zero attached hydrogens (tertiary/aromatic N) is 1. The molecule has 3 N–H and O–H groups in total. The van der Waals surface area contributed by atoms with Crippen molar-refractivity contribution in [2.24, 2.45) is 5.73 Å². The quantitative estimate of drug-likeness (QED) is 0.743. The van der Waals surface area contributed by atoms with Crippen molar-refractivity contribution < 1.29 is 14.3 Å². The molecule has 0 fully saturated rings. The molecule has 0 saturated carbocycles. The van der Waals surface area contributed by atoms with E-state index in [-0.39, 0.29) is 5.76 Å². The lowest BCUT2D eigenvalue weighted by molar-refractivity contribution is -0.138. The number of aliphatic carboxylic acids is 1. The van der Waals surface area contributed by atoms with Crippen LogP contribution in [-0.4, -0.2) is 33.2 Å². The summed E-state index contributed by atoms with van der Waals surface area (Å²) in [6.45, 7) is 0.531. The van der Waals surface area contributed by atoms with Gasteiger partial charge >= 0.3 is 11.7 Å². The number of benzene rings is 1. The second-order valence-electron chi connectivity index (χ2n) is 4.33. The fourth-order valence-electron chi connectivity index (χ4n) is 1.82. The molecule has 0 aliphatic carbocycles. The Morgan fingerprint density at radius 2 is 2.15 bits per heavy atom. The van der Waals surface area contributed by atoms with E-state index in [0.717, 1.165) is 5.52 Å². The molecule has 1 aromatic heterocycles. The topological polar surface area (TPSA) is 98.5 Å². The van der Waals surface area contributed by atoms with Gasteiger partial charge in [0.2, 0.25) is 0 Å². The van der Waals surface area contributed by atoms with Gasteiger partial charge < -0.3 is 15.3 Å². The molecule has 1 atom stereocenters. The summed E-state index contributed by atoms with van der Waals surface area (Å²) in [5, 5.41) is 8.65. The Morgan fingerprint density at radius 1 is 1.40 bits per heavy atom. The van der Waals surface area contributed by atoms with Gasteiger partial charge in [-0.3, -0.25) is 9.36 Å². The van der Waals surface area contributed by atoms with Gasteiger partial charge in [0, 0.05) is 12.3 Å². The molecule has 6 nitrogen and oxygen atoms in total. The fourth-order valence-corrected chi connectivity index (χ4v) is 2.75. The zero-order valence-corrected chi connectivity index (χ0v) is 11.6. The highest BCUT2D eigenvalue weighted by Crippen LogP contribution is 2.13. The number of fused-ring (bicyclic) bond motifs is 1. The predicted molar refractivity (Wildman–Crippen MR) is 78.0 cm³/mol. The minimum Gasteiger partial charge on any atom is -0.480 e. The summed E-state index contributed by atoms with van der Waals surface area (Å²) in [5.74, 6) is 0.00464. The van der Waals surface area contributed by atoms with Crippen LogP contribution < -0.4 is 11.5 Å². The summed E-state index contributed by atoms with van der Waals surface area (Å²) in [6, 6.07) is 6.45. The Labute approximate surface area is 119 Å². The average molecular weight is 296 g/mol. The summed E-state index contributed by atoms with van der Waals surface area (Å²) >= 11 is 1.57. The number of nitrogens with two attached hydrogens (primary N) is 1. The lowest BCUT2D eigenvalue weighted by Gasteiger charge is -2.06. The molecule has 20 heavy (non-hydrogen) atoms. The van der Waals surface area contributed by atoms with Gasteiger partial charge in [0.25, 0.3) is 0 Å². The van der Waals surface area contributed by atoms with Crippen molar-refractivity contribution in [1.29, 1.82) is 0 Å². The molecule has 108 valence electrons. The molecule has 0 radical (unpaired) electrons. The maximum absolute atomic E-state index is 11.7. The third-order valence-corrected chi connectivity index (χ3v) is 3.92. The number of carboxylic acid groups (broad SMARTS) is 1. The smallest absolute Gasteiger partial charge is 0.419 e. The third-order valence-electron chi connectivity index (χ3n) is 2.92. The standard InChI is InChI=1S/C13H16N2O4S/c14-9(12(16)17)5-7-20-8-6-15-10-3-1-2-4-11(10)19-13(15)18/h1-4,9H,5-8,14H2,(H,16,17). The number of hydrogen-bond donors (Lipinski definition) is 2. The first-order valence-electron chi connectivity index (χ1n) is 6.24. The molecule has 2 aromatic rings. The van der Waals surface area contributed by atoms with Crippen molar-refractivity contribution in [1.82, 2.24) is 4.57 Å². The van der Waals surface area contributed by atoms with Crippen LogP contribution in [0, 0.1) is 0 Å². The molecule has 7 heteroatoms. The van der Waals surface area contributed by atoms with E-state index in [0.29, 0.717) is 30.1 Å². The lowest BCUT2D eigenvalue weighted by atomic mass is 10.2. The van der Waals surface area contributed by atoms with Gasteiger partial charge in [0.1, 0.15) is 6.04 Å². The number of aromatic nitrogens is 1. The van der Waals surface area contributed by atoms with Crippen molar-refractivity contribution in [3.63, 3.8) is 0 Å². The van der Waals surface area contributed by atoms with Crippen LogP contribution in [0.2, 0.25) is 0 Å². The Bertz CT molecular complexity index is 649. The number of hydrogen-bond acceptors (Lipinski definition) is 5. The third kappa shape index (κ3) is 3.43. The van der Waals surface area contributed by atoms with Crippen LogP contribution in [0.15, 0.2) is 33.5 Å². The van der Waals surface area contributed by atoms with Crippen LogP contribution in [0.3, 0.4) is 0 Å². The highest BCUT2D eigenvalue weighted by atomic mass is 32.2. The number of thioether (sulfide) groups is 1. The van der Waals surface area contributed by atoms with Gasteiger partial charge in [-0.2, -0.15) is 11.8 Å². The molecule has 1 unspecified atom stereocenters. The molecule has 0 saturated heterocycles. The number of carboxylic acids is 1. The van der Waals surface area contributed by atoms with E-state index in [4.69, 9.17) is 15.3 Å². The van der Waals surface area contributed by atoms with E-state index in [9.17, 15) is 9.59 Å². The van der Waals surface area contributed by atoms with Gasteiger partial charge in [0.05, 0.1) is 5.52 Å². The highest BCUT2D eigenvalue weighted by molar-refractivity contribution is 7.99. The van der Waals surface area contributed by atoms with Gasteiger partial charge in [-0.25, -0.2) is 4.79 Å². The Kier molecular flexibility index (Phi) is 4.86. The predicted octanol–water partition coefficient (Wildman–Crippen LogP) is 1.13. The first-order valence-corrected chi connectivity index (χ1v) is 7.39. The Morgan fingerprint density at radius 3 is 2.90 bits per heavy atom. The molecule has 1 heterocycles. The maximum atomic E-state index is 11.7. The largest absolute Gasteiger partial charge is 0.480 e. The number of carbonyl (C=O) groups is 1. The van der Waals surface area contributed by atoms with Crippen LogP contribution in [0.1, 0.15) is 6.42 Å². The second kappa shape index (κ2) is 6.62. The number of rotatable bonds is 7. The normalized spacial score (nSPS) is 12.7. The number of oxazole rings is 1. The van der Waals surface area contributed by atoms with Gasteiger partial charge in [-0.05, 0) is 24.3 Å². The van der Waals surface area contributed by atoms with Crippen LogP contribution in [0.5, 0.6) is 0 Å².